The molecule has 0 fully saturated rings. The molecule has 4 aromatic heterocycles. The lowest BCUT2D eigenvalue weighted by atomic mass is 9.93. The second kappa shape index (κ2) is 14.2. The quantitative estimate of drug-likeness (QED) is 0.168. The van der Waals surface area contributed by atoms with Crippen molar-refractivity contribution in [2.45, 2.75) is 0 Å². The van der Waals surface area contributed by atoms with E-state index in [4.69, 9.17) is 18.8 Å². The maximum Gasteiger partial charge on any atom is 0.160 e. The van der Waals surface area contributed by atoms with E-state index in [1.807, 2.05) is 53.8 Å². The van der Waals surface area contributed by atoms with Gasteiger partial charge in [-0.2, -0.15) is 0 Å². The Morgan fingerprint density at radius 1 is 0.317 bits per heavy atom. The van der Waals surface area contributed by atoms with Crippen LogP contribution in [0.4, 0.5) is 0 Å². The largest absolute Gasteiger partial charge is 0.455 e. The summed E-state index contributed by atoms with van der Waals surface area (Å²) in [7, 11) is 0. The Morgan fingerprint density at radius 3 is 1.49 bits per heavy atom. The van der Waals surface area contributed by atoms with E-state index in [0.717, 1.165) is 99.8 Å². The van der Waals surface area contributed by atoms with Gasteiger partial charge in [0, 0.05) is 69.5 Å². The monoisotopic (exact) mass is 822 g/mol. The van der Waals surface area contributed by atoms with E-state index >= 15 is 0 Å². The minimum atomic E-state index is 0.664. The van der Waals surface area contributed by atoms with Gasteiger partial charge in [-0.3, -0.25) is 0 Å². The van der Waals surface area contributed by atoms with Crippen LogP contribution in [0.3, 0.4) is 0 Å². The molecule has 0 amide bonds. The molecule has 5 heteroatoms. The summed E-state index contributed by atoms with van der Waals surface area (Å²) in [4.78, 5) is 10.6. The van der Waals surface area contributed by atoms with E-state index < -0.39 is 0 Å². The Bertz CT molecular complexity index is 3780. The lowest BCUT2D eigenvalue weighted by Gasteiger charge is -2.14. The van der Waals surface area contributed by atoms with Crippen molar-refractivity contribution < 1.29 is 8.83 Å². The molecule has 294 valence electrons. The van der Waals surface area contributed by atoms with Crippen molar-refractivity contribution in [3.8, 4) is 67.3 Å². The van der Waals surface area contributed by atoms with Crippen molar-refractivity contribution in [3.05, 3.63) is 206 Å². The van der Waals surface area contributed by atoms with Crippen molar-refractivity contribution in [2.24, 2.45) is 0 Å². The summed E-state index contributed by atoms with van der Waals surface area (Å²) >= 11 is 1.84. The zero-order valence-corrected chi connectivity index (χ0v) is 34.6. The molecule has 13 aromatic rings. The molecule has 0 unspecified atom stereocenters. The van der Waals surface area contributed by atoms with Gasteiger partial charge in [0.05, 0.1) is 11.4 Å². The molecule has 0 bridgehead atoms. The third-order valence-electron chi connectivity index (χ3n) is 12.3. The average Bonchev–Trinajstić information content (AvgIpc) is 4.06. The number of para-hydroxylation sites is 4. The minimum absolute atomic E-state index is 0.664. The lowest BCUT2D eigenvalue weighted by molar-refractivity contribution is 0.669. The van der Waals surface area contributed by atoms with Crippen molar-refractivity contribution in [2.75, 3.05) is 0 Å². The zero-order chi connectivity index (χ0) is 41.4. The van der Waals surface area contributed by atoms with Crippen molar-refractivity contribution >= 4 is 75.4 Å². The number of nitrogens with zero attached hydrogens (tertiary/aromatic N) is 2. The molecular weight excluding hydrogens is 789 g/mol. The fourth-order valence-corrected chi connectivity index (χ4v) is 10.5. The molecule has 4 nitrogen and oxygen atoms in total. The summed E-state index contributed by atoms with van der Waals surface area (Å²) in [5, 5.41) is 6.97. The standard InChI is InChI=1S/C58H34N2O2S/c1-2-13-37(14-3-1)58-59-50(36-29-27-35(28-30-36)41-18-10-21-47-44-15-4-7-24-52(44)61-55(41)47)34-51(60-58)40-32-38(42-19-11-22-48-45-16-5-8-25-53(45)62-56(42)48)31-39(33-40)43-20-12-23-49-46-17-6-9-26-54(46)63-57(43)49/h1-34H. The molecule has 0 saturated heterocycles. The molecule has 0 spiro atoms. The molecule has 0 radical (unpaired) electrons. The normalized spacial score (nSPS) is 11.8. The highest BCUT2D eigenvalue weighted by Gasteiger charge is 2.19. The topological polar surface area (TPSA) is 52.1 Å². The highest BCUT2D eigenvalue weighted by atomic mass is 32.1. The van der Waals surface area contributed by atoms with Crippen LogP contribution in [0.1, 0.15) is 0 Å². The summed E-state index contributed by atoms with van der Waals surface area (Å²) in [5.74, 6) is 0.664. The van der Waals surface area contributed by atoms with Crippen molar-refractivity contribution in [3.63, 3.8) is 0 Å². The van der Waals surface area contributed by atoms with Gasteiger partial charge in [-0.15, -0.1) is 11.3 Å². The molecule has 0 saturated carbocycles. The Balaban J connectivity index is 1.01. The average molecular weight is 823 g/mol. The maximum absolute atomic E-state index is 6.64. The Morgan fingerprint density at radius 2 is 0.810 bits per heavy atom. The smallest absolute Gasteiger partial charge is 0.160 e. The molecular formula is C58H34N2O2S. The number of thiophene rings is 1. The van der Waals surface area contributed by atoms with Crippen LogP contribution in [0, 0.1) is 0 Å². The van der Waals surface area contributed by atoms with Crippen LogP contribution in [0.15, 0.2) is 215 Å². The Hall–Kier alpha value is -8.12. The number of benzene rings is 9. The third-order valence-corrected chi connectivity index (χ3v) is 13.5. The number of aromatic nitrogens is 2. The summed E-state index contributed by atoms with van der Waals surface area (Å²) in [6, 6.07) is 72.6. The zero-order valence-electron chi connectivity index (χ0n) is 33.7. The number of hydrogen-bond donors (Lipinski definition) is 0. The van der Waals surface area contributed by atoms with Gasteiger partial charge in [0.1, 0.15) is 22.3 Å². The van der Waals surface area contributed by atoms with Crippen LogP contribution in [-0.4, -0.2) is 9.97 Å². The van der Waals surface area contributed by atoms with E-state index in [0.29, 0.717) is 5.82 Å². The minimum Gasteiger partial charge on any atom is -0.455 e. The van der Waals surface area contributed by atoms with Crippen LogP contribution in [0.25, 0.3) is 131 Å². The molecule has 0 N–H and O–H groups in total. The maximum atomic E-state index is 6.64. The molecule has 0 aliphatic rings. The van der Waals surface area contributed by atoms with Gasteiger partial charge in [0.25, 0.3) is 0 Å². The summed E-state index contributed by atoms with van der Waals surface area (Å²) in [5.41, 5.74) is 14.6. The molecule has 0 aliphatic heterocycles. The van der Waals surface area contributed by atoms with Crippen LogP contribution in [-0.2, 0) is 0 Å². The first-order valence-electron chi connectivity index (χ1n) is 21.1. The van der Waals surface area contributed by atoms with Crippen LogP contribution < -0.4 is 0 Å². The predicted octanol–water partition coefficient (Wildman–Crippen LogP) is 16.6. The SMILES string of the molecule is c1ccc(-c2nc(-c3ccc(-c4cccc5c4oc4ccccc45)cc3)cc(-c3cc(-c4cccc5c4oc4ccccc45)cc(-c4cccc5c4sc4ccccc45)c3)n2)cc1. The van der Waals surface area contributed by atoms with E-state index in [1.165, 1.54) is 25.7 Å². The Labute approximate surface area is 366 Å². The first-order valence-corrected chi connectivity index (χ1v) is 21.9. The first kappa shape index (κ1) is 35.6. The van der Waals surface area contributed by atoms with Gasteiger partial charge >= 0.3 is 0 Å². The van der Waals surface area contributed by atoms with E-state index in [1.54, 1.807) is 0 Å². The lowest BCUT2D eigenvalue weighted by Crippen LogP contribution is -1.96. The van der Waals surface area contributed by atoms with Crippen LogP contribution in [0.5, 0.6) is 0 Å². The highest BCUT2D eigenvalue weighted by molar-refractivity contribution is 7.26. The van der Waals surface area contributed by atoms with Crippen molar-refractivity contribution in [1.29, 1.82) is 0 Å². The van der Waals surface area contributed by atoms with Gasteiger partial charge in [-0.05, 0) is 64.7 Å². The molecule has 4 heterocycles. The summed E-state index contributed by atoms with van der Waals surface area (Å²) in [6.45, 7) is 0. The molecule has 63 heavy (non-hydrogen) atoms. The second-order valence-electron chi connectivity index (χ2n) is 16.0. The third kappa shape index (κ3) is 5.89. The van der Waals surface area contributed by atoms with Crippen LogP contribution >= 0.6 is 11.3 Å². The number of rotatable bonds is 6. The highest BCUT2D eigenvalue weighted by Crippen LogP contribution is 2.44. The summed E-state index contributed by atoms with van der Waals surface area (Å²) in [6.07, 6.45) is 0. The molecule has 0 aliphatic carbocycles. The van der Waals surface area contributed by atoms with Gasteiger partial charge in [0.2, 0.25) is 0 Å². The second-order valence-corrected chi connectivity index (χ2v) is 17.1. The fourth-order valence-electron chi connectivity index (χ4n) is 9.29. The predicted molar refractivity (Wildman–Crippen MR) is 262 cm³/mol. The van der Waals surface area contributed by atoms with E-state index in [-0.39, 0.29) is 0 Å². The fraction of sp³-hybridized carbons (Fsp3) is 0. The number of furan rings is 2. The first-order chi connectivity index (χ1) is 31.2. The van der Waals surface area contributed by atoms with Gasteiger partial charge in [-0.1, -0.05) is 164 Å². The Kier molecular flexibility index (Phi) is 8.05. The van der Waals surface area contributed by atoms with E-state index in [2.05, 4.69) is 164 Å². The molecule has 13 rings (SSSR count). The van der Waals surface area contributed by atoms with Crippen molar-refractivity contribution in [1.82, 2.24) is 9.97 Å². The molecule has 0 atom stereocenters. The van der Waals surface area contributed by atoms with Gasteiger partial charge in [-0.25, -0.2) is 9.97 Å². The van der Waals surface area contributed by atoms with Gasteiger partial charge < -0.3 is 8.83 Å². The molecule has 9 aromatic carbocycles. The van der Waals surface area contributed by atoms with Crippen LogP contribution in [0.2, 0.25) is 0 Å². The van der Waals surface area contributed by atoms with E-state index in [9.17, 15) is 0 Å². The number of fused-ring (bicyclic) bond motifs is 9. The number of hydrogen-bond acceptors (Lipinski definition) is 5. The van der Waals surface area contributed by atoms with Gasteiger partial charge in [0.15, 0.2) is 5.82 Å². The summed E-state index contributed by atoms with van der Waals surface area (Å²) < 4.78 is 15.6.